The van der Waals surface area contributed by atoms with E-state index in [1.807, 2.05) is 6.07 Å². The third-order valence-corrected chi connectivity index (χ3v) is 2.05. The van der Waals surface area contributed by atoms with E-state index in [0.29, 0.717) is 19.5 Å². The van der Waals surface area contributed by atoms with Crippen LogP contribution in [0.2, 0.25) is 0 Å². The molecule has 0 atom stereocenters. The fraction of sp³-hybridized carbons (Fsp3) is 0.364. The van der Waals surface area contributed by atoms with Crippen molar-refractivity contribution in [2.75, 3.05) is 13.6 Å². The van der Waals surface area contributed by atoms with E-state index in [2.05, 4.69) is 10.6 Å². The molecule has 0 saturated carbocycles. The van der Waals surface area contributed by atoms with Crippen LogP contribution in [0.5, 0.6) is 5.75 Å². The summed E-state index contributed by atoms with van der Waals surface area (Å²) >= 11 is 0. The molecule has 0 radical (unpaired) electrons. The maximum Gasteiger partial charge on any atom is 0.221 e. The summed E-state index contributed by atoms with van der Waals surface area (Å²) in [6.07, 6.45) is 0.468. The summed E-state index contributed by atoms with van der Waals surface area (Å²) in [6, 6.07) is 7.05. The van der Waals surface area contributed by atoms with E-state index in [0.717, 1.165) is 5.56 Å². The van der Waals surface area contributed by atoms with Gasteiger partial charge in [-0.2, -0.15) is 0 Å². The van der Waals surface area contributed by atoms with Crippen LogP contribution in [0.25, 0.3) is 0 Å². The summed E-state index contributed by atoms with van der Waals surface area (Å²) in [4.78, 5) is 10.9. The molecule has 82 valence electrons. The Labute approximate surface area is 89.3 Å². The van der Waals surface area contributed by atoms with Crippen molar-refractivity contribution in [1.29, 1.82) is 0 Å². The molecule has 4 nitrogen and oxygen atoms in total. The van der Waals surface area contributed by atoms with Crippen LogP contribution in [-0.2, 0) is 11.3 Å². The summed E-state index contributed by atoms with van der Waals surface area (Å²) in [5, 5.41) is 14.9. The molecule has 0 aliphatic carbocycles. The predicted molar refractivity (Wildman–Crippen MR) is 58.5 cm³/mol. The number of carbonyl (C=O) groups excluding carboxylic acids is 1. The highest BCUT2D eigenvalue weighted by Gasteiger charge is 1.97. The molecule has 0 bridgehead atoms. The van der Waals surface area contributed by atoms with E-state index in [9.17, 15) is 9.90 Å². The normalized spacial score (nSPS) is 9.93. The van der Waals surface area contributed by atoms with Gasteiger partial charge in [0.05, 0.1) is 0 Å². The average molecular weight is 208 g/mol. The van der Waals surface area contributed by atoms with Gasteiger partial charge in [0.25, 0.3) is 0 Å². The van der Waals surface area contributed by atoms with E-state index >= 15 is 0 Å². The minimum atomic E-state index is 0.0263. The second-order valence-corrected chi connectivity index (χ2v) is 3.27. The van der Waals surface area contributed by atoms with Crippen LogP contribution < -0.4 is 10.6 Å². The lowest BCUT2D eigenvalue weighted by molar-refractivity contribution is -0.120. The zero-order valence-corrected chi connectivity index (χ0v) is 8.79. The van der Waals surface area contributed by atoms with Crippen LogP contribution in [0.3, 0.4) is 0 Å². The predicted octanol–water partition coefficient (Wildman–Crippen LogP) is 0.618. The van der Waals surface area contributed by atoms with Crippen molar-refractivity contribution in [3.63, 3.8) is 0 Å². The van der Waals surface area contributed by atoms with Gasteiger partial charge in [-0.3, -0.25) is 4.79 Å². The number of rotatable bonds is 5. The molecule has 1 amide bonds. The van der Waals surface area contributed by atoms with Crippen LogP contribution in [-0.4, -0.2) is 24.6 Å². The number of hydrogen-bond donors (Lipinski definition) is 3. The number of benzene rings is 1. The molecule has 0 aliphatic heterocycles. The molecule has 0 spiro atoms. The Morgan fingerprint density at radius 1 is 1.47 bits per heavy atom. The van der Waals surface area contributed by atoms with Gasteiger partial charge in [0, 0.05) is 26.6 Å². The lowest BCUT2D eigenvalue weighted by Gasteiger charge is -2.04. The Bertz CT molecular complexity index is 326. The van der Waals surface area contributed by atoms with E-state index in [4.69, 9.17) is 0 Å². The quantitative estimate of drug-likeness (QED) is 0.622. The Morgan fingerprint density at radius 2 is 2.27 bits per heavy atom. The van der Waals surface area contributed by atoms with Crippen LogP contribution in [0.1, 0.15) is 12.0 Å². The van der Waals surface area contributed by atoms with Crippen molar-refractivity contribution in [3.05, 3.63) is 29.8 Å². The Hall–Kier alpha value is -1.55. The maximum absolute atomic E-state index is 10.9. The average Bonchev–Trinajstić information content (AvgIpc) is 2.24. The smallest absolute Gasteiger partial charge is 0.221 e. The highest BCUT2D eigenvalue weighted by Crippen LogP contribution is 2.10. The molecule has 0 unspecified atom stereocenters. The Morgan fingerprint density at radius 3 is 2.93 bits per heavy atom. The molecule has 0 fully saturated rings. The summed E-state index contributed by atoms with van der Waals surface area (Å²) in [5.41, 5.74) is 1.01. The first-order valence-electron chi connectivity index (χ1n) is 4.91. The van der Waals surface area contributed by atoms with Gasteiger partial charge in [-0.05, 0) is 17.7 Å². The molecule has 0 saturated heterocycles. The number of hydrogen-bond acceptors (Lipinski definition) is 3. The minimum absolute atomic E-state index is 0.0263. The zero-order valence-electron chi connectivity index (χ0n) is 8.79. The van der Waals surface area contributed by atoms with Gasteiger partial charge in [-0.25, -0.2) is 0 Å². The molecule has 0 aromatic heterocycles. The van der Waals surface area contributed by atoms with Crippen LogP contribution in [0, 0.1) is 0 Å². The van der Waals surface area contributed by atoms with Gasteiger partial charge in [0.2, 0.25) is 5.91 Å². The highest BCUT2D eigenvalue weighted by atomic mass is 16.3. The molecule has 0 heterocycles. The van der Waals surface area contributed by atoms with Crippen molar-refractivity contribution in [2.45, 2.75) is 13.0 Å². The van der Waals surface area contributed by atoms with Crippen molar-refractivity contribution in [2.24, 2.45) is 0 Å². The number of phenolic OH excluding ortho intramolecular Hbond substituents is 1. The van der Waals surface area contributed by atoms with Gasteiger partial charge in [0.15, 0.2) is 0 Å². The third-order valence-electron chi connectivity index (χ3n) is 2.05. The van der Waals surface area contributed by atoms with E-state index in [1.54, 1.807) is 25.2 Å². The van der Waals surface area contributed by atoms with Crippen LogP contribution >= 0.6 is 0 Å². The largest absolute Gasteiger partial charge is 0.508 e. The van der Waals surface area contributed by atoms with Gasteiger partial charge < -0.3 is 15.7 Å². The van der Waals surface area contributed by atoms with Crippen molar-refractivity contribution in [1.82, 2.24) is 10.6 Å². The minimum Gasteiger partial charge on any atom is -0.508 e. The molecule has 15 heavy (non-hydrogen) atoms. The maximum atomic E-state index is 10.9. The second-order valence-electron chi connectivity index (χ2n) is 3.27. The Kier molecular flexibility index (Phi) is 4.63. The number of phenols is 1. The number of carbonyl (C=O) groups is 1. The lowest BCUT2D eigenvalue weighted by atomic mass is 10.2. The summed E-state index contributed by atoms with van der Waals surface area (Å²) in [6.45, 7) is 1.29. The summed E-state index contributed by atoms with van der Waals surface area (Å²) in [7, 11) is 1.62. The number of nitrogens with one attached hydrogen (secondary N) is 2. The van der Waals surface area contributed by atoms with E-state index in [1.165, 1.54) is 0 Å². The molecular formula is C11H16N2O2. The zero-order chi connectivity index (χ0) is 11.1. The fourth-order valence-electron chi connectivity index (χ4n) is 1.23. The molecule has 1 aromatic carbocycles. The standard InChI is InChI=1S/C11H16N2O2/c1-12-11(15)5-6-13-8-9-3-2-4-10(14)7-9/h2-4,7,13-14H,5-6,8H2,1H3,(H,12,15). The Balaban J connectivity index is 2.23. The number of aromatic hydroxyl groups is 1. The monoisotopic (exact) mass is 208 g/mol. The molecule has 3 N–H and O–H groups in total. The van der Waals surface area contributed by atoms with Gasteiger partial charge in [-0.1, -0.05) is 12.1 Å². The first-order valence-corrected chi connectivity index (χ1v) is 4.91. The SMILES string of the molecule is CNC(=O)CCNCc1cccc(O)c1. The topological polar surface area (TPSA) is 61.4 Å². The van der Waals surface area contributed by atoms with Crippen molar-refractivity contribution < 1.29 is 9.90 Å². The first kappa shape index (κ1) is 11.5. The molecular weight excluding hydrogens is 192 g/mol. The summed E-state index contributed by atoms with van der Waals surface area (Å²) in [5.74, 6) is 0.291. The molecule has 1 aromatic rings. The van der Waals surface area contributed by atoms with Crippen LogP contribution in [0.4, 0.5) is 0 Å². The van der Waals surface area contributed by atoms with E-state index in [-0.39, 0.29) is 11.7 Å². The highest BCUT2D eigenvalue weighted by molar-refractivity contribution is 5.75. The third kappa shape index (κ3) is 4.46. The molecule has 1 rings (SSSR count). The number of amides is 1. The second kappa shape index (κ2) is 6.03. The van der Waals surface area contributed by atoms with Crippen LogP contribution in [0.15, 0.2) is 24.3 Å². The lowest BCUT2D eigenvalue weighted by Crippen LogP contribution is -2.24. The van der Waals surface area contributed by atoms with Crippen molar-refractivity contribution >= 4 is 5.91 Å². The van der Waals surface area contributed by atoms with Gasteiger partial charge in [0.1, 0.15) is 5.75 Å². The first-order chi connectivity index (χ1) is 7.22. The molecule has 0 aliphatic rings. The van der Waals surface area contributed by atoms with Crippen molar-refractivity contribution in [3.8, 4) is 5.75 Å². The van der Waals surface area contributed by atoms with E-state index < -0.39 is 0 Å². The van der Waals surface area contributed by atoms with Gasteiger partial charge in [-0.15, -0.1) is 0 Å². The fourth-order valence-corrected chi connectivity index (χ4v) is 1.23. The van der Waals surface area contributed by atoms with Gasteiger partial charge >= 0.3 is 0 Å². The summed E-state index contributed by atoms with van der Waals surface area (Å²) < 4.78 is 0. The molecule has 4 heteroatoms.